The number of sulfone groups is 1. The van der Waals surface area contributed by atoms with Crippen molar-refractivity contribution in [3.05, 3.63) is 34.3 Å². The number of benzene rings is 1. The number of hydrogen-bond donors (Lipinski definition) is 0. The predicted molar refractivity (Wildman–Crippen MR) is 84.1 cm³/mol. The first kappa shape index (κ1) is 16.2. The van der Waals surface area contributed by atoms with Gasteiger partial charge in [-0.05, 0) is 42.9 Å². The van der Waals surface area contributed by atoms with Crippen molar-refractivity contribution < 1.29 is 8.42 Å². The van der Waals surface area contributed by atoms with Crippen LogP contribution in [0.5, 0.6) is 0 Å². The van der Waals surface area contributed by atoms with Crippen molar-refractivity contribution in [2.75, 3.05) is 17.3 Å². The van der Waals surface area contributed by atoms with E-state index in [4.69, 9.17) is 0 Å². The van der Waals surface area contributed by atoms with Crippen LogP contribution in [0.15, 0.2) is 28.7 Å². The zero-order chi connectivity index (χ0) is 13.6. The summed E-state index contributed by atoms with van der Waals surface area (Å²) < 4.78 is 23.3. The molecule has 1 aromatic rings. The highest BCUT2D eigenvalue weighted by Gasteiger charge is 2.10. The molecule has 102 valence electrons. The SMILES string of the molecule is CS(=O)(=O)CCCC(CBr)Cc1cccc(Br)c1. The lowest BCUT2D eigenvalue weighted by atomic mass is 9.97. The molecular formula is C13H18Br2O2S. The second kappa shape index (κ2) is 7.65. The summed E-state index contributed by atoms with van der Waals surface area (Å²) in [5.41, 5.74) is 1.29. The first-order chi connectivity index (χ1) is 8.40. The Hall–Kier alpha value is 0.130. The fourth-order valence-electron chi connectivity index (χ4n) is 1.87. The summed E-state index contributed by atoms with van der Waals surface area (Å²) in [7, 11) is -2.83. The molecule has 0 saturated carbocycles. The molecule has 0 aliphatic heterocycles. The molecule has 1 atom stereocenters. The lowest BCUT2D eigenvalue weighted by Crippen LogP contribution is -2.10. The Balaban J connectivity index is 2.47. The van der Waals surface area contributed by atoms with Gasteiger partial charge in [-0.15, -0.1) is 0 Å². The van der Waals surface area contributed by atoms with Crippen LogP contribution in [0, 0.1) is 5.92 Å². The van der Waals surface area contributed by atoms with Crippen molar-refractivity contribution >= 4 is 41.7 Å². The van der Waals surface area contributed by atoms with Crippen LogP contribution >= 0.6 is 31.9 Å². The average molecular weight is 398 g/mol. The number of rotatable bonds is 7. The van der Waals surface area contributed by atoms with E-state index in [1.54, 1.807) is 0 Å². The quantitative estimate of drug-likeness (QED) is 0.655. The highest BCUT2D eigenvalue weighted by atomic mass is 79.9. The van der Waals surface area contributed by atoms with Crippen molar-refractivity contribution in [1.82, 2.24) is 0 Å². The van der Waals surface area contributed by atoms with Crippen molar-refractivity contribution in [3.8, 4) is 0 Å². The minimum absolute atomic E-state index is 0.287. The summed E-state index contributed by atoms with van der Waals surface area (Å²) in [4.78, 5) is 0. The van der Waals surface area contributed by atoms with E-state index >= 15 is 0 Å². The van der Waals surface area contributed by atoms with Gasteiger partial charge < -0.3 is 0 Å². The Morgan fingerprint density at radius 2 is 2.06 bits per heavy atom. The normalized spacial score (nSPS) is 13.5. The van der Waals surface area contributed by atoms with Gasteiger partial charge in [-0.3, -0.25) is 0 Å². The van der Waals surface area contributed by atoms with Gasteiger partial charge in [-0.2, -0.15) is 0 Å². The van der Waals surface area contributed by atoms with Crippen molar-refractivity contribution in [1.29, 1.82) is 0 Å². The van der Waals surface area contributed by atoms with Crippen LogP contribution in [0.4, 0.5) is 0 Å². The van der Waals surface area contributed by atoms with E-state index in [2.05, 4.69) is 44.0 Å². The molecule has 0 aliphatic rings. The van der Waals surface area contributed by atoms with E-state index in [9.17, 15) is 8.42 Å². The predicted octanol–water partition coefficient (Wildman–Crippen LogP) is 3.83. The third kappa shape index (κ3) is 6.90. The molecule has 0 radical (unpaired) electrons. The Morgan fingerprint density at radius 3 is 2.61 bits per heavy atom. The summed E-state index contributed by atoms with van der Waals surface area (Å²) in [6.07, 6.45) is 3.95. The van der Waals surface area contributed by atoms with E-state index < -0.39 is 9.84 Å². The maximum Gasteiger partial charge on any atom is 0.147 e. The highest BCUT2D eigenvalue weighted by molar-refractivity contribution is 9.10. The van der Waals surface area contributed by atoms with Gasteiger partial charge in [-0.1, -0.05) is 44.0 Å². The van der Waals surface area contributed by atoms with Gasteiger partial charge in [0.1, 0.15) is 9.84 Å². The third-order valence-corrected chi connectivity index (χ3v) is 5.20. The molecule has 1 unspecified atom stereocenters. The number of alkyl halides is 1. The smallest absolute Gasteiger partial charge is 0.147 e. The standard InChI is InChI=1S/C13H18Br2O2S/c1-18(16,17)7-3-5-12(10-14)8-11-4-2-6-13(15)9-11/h2,4,6,9,12H,3,5,7-8,10H2,1H3. The number of hydrogen-bond acceptors (Lipinski definition) is 2. The molecule has 0 amide bonds. The summed E-state index contributed by atoms with van der Waals surface area (Å²) in [6, 6.07) is 8.26. The van der Waals surface area contributed by atoms with E-state index in [1.807, 2.05) is 12.1 Å². The van der Waals surface area contributed by atoms with Crippen LogP contribution < -0.4 is 0 Å². The molecule has 0 fully saturated rings. The molecule has 0 N–H and O–H groups in total. The fourth-order valence-corrected chi connectivity index (χ4v) is 3.56. The van der Waals surface area contributed by atoms with E-state index in [-0.39, 0.29) is 5.75 Å². The molecule has 5 heteroatoms. The first-order valence-electron chi connectivity index (χ1n) is 5.89. The minimum atomic E-state index is -2.83. The first-order valence-corrected chi connectivity index (χ1v) is 9.86. The second-order valence-electron chi connectivity index (χ2n) is 4.63. The topological polar surface area (TPSA) is 34.1 Å². The zero-order valence-corrected chi connectivity index (χ0v) is 14.4. The van der Waals surface area contributed by atoms with Gasteiger partial charge in [0, 0.05) is 21.8 Å². The highest BCUT2D eigenvalue weighted by Crippen LogP contribution is 2.19. The van der Waals surface area contributed by atoms with Gasteiger partial charge in [0.25, 0.3) is 0 Å². The molecule has 0 aliphatic carbocycles. The van der Waals surface area contributed by atoms with Crippen LogP contribution in [0.3, 0.4) is 0 Å². The fraction of sp³-hybridized carbons (Fsp3) is 0.538. The molecule has 2 nitrogen and oxygen atoms in total. The van der Waals surface area contributed by atoms with Gasteiger partial charge in [-0.25, -0.2) is 8.42 Å². The molecule has 18 heavy (non-hydrogen) atoms. The van der Waals surface area contributed by atoms with Crippen LogP contribution in [0.25, 0.3) is 0 Å². The van der Waals surface area contributed by atoms with Crippen molar-refractivity contribution in [3.63, 3.8) is 0 Å². The van der Waals surface area contributed by atoms with Crippen LogP contribution in [-0.4, -0.2) is 25.8 Å². The monoisotopic (exact) mass is 396 g/mol. The van der Waals surface area contributed by atoms with Crippen molar-refractivity contribution in [2.24, 2.45) is 5.92 Å². The maximum absolute atomic E-state index is 11.1. The van der Waals surface area contributed by atoms with E-state index in [1.165, 1.54) is 11.8 Å². The summed E-state index contributed by atoms with van der Waals surface area (Å²) in [5.74, 6) is 0.774. The molecule has 0 spiro atoms. The van der Waals surface area contributed by atoms with E-state index in [0.717, 1.165) is 29.1 Å². The minimum Gasteiger partial charge on any atom is -0.229 e. The lowest BCUT2D eigenvalue weighted by Gasteiger charge is -2.14. The lowest BCUT2D eigenvalue weighted by molar-refractivity contribution is 0.529. The molecule has 1 rings (SSSR count). The van der Waals surface area contributed by atoms with Gasteiger partial charge in [0.2, 0.25) is 0 Å². The summed E-state index contributed by atoms with van der Waals surface area (Å²) >= 11 is 6.97. The Labute approximate surface area is 126 Å². The van der Waals surface area contributed by atoms with Gasteiger partial charge in [0.15, 0.2) is 0 Å². The van der Waals surface area contributed by atoms with Crippen LogP contribution in [0.2, 0.25) is 0 Å². The average Bonchev–Trinajstić information content (AvgIpc) is 2.26. The third-order valence-electron chi connectivity index (χ3n) is 2.76. The molecule has 0 saturated heterocycles. The van der Waals surface area contributed by atoms with Crippen LogP contribution in [0.1, 0.15) is 18.4 Å². The molecule has 0 aromatic heterocycles. The molecule has 0 heterocycles. The number of halogens is 2. The molecular weight excluding hydrogens is 380 g/mol. The Kier molecular flexibility index (Phi) is 6.88. The van der Waals surface area contributed by atoms with Gasteiger partial charge >= 0.3 is 0 Å². The Bertz CT molecular complexity index is 472. The maximum atomic E-state index is 11.1. The van der Waals surface area contributed by atoms with Crippen molar-refractivity contribution in [2.45, 2.75) is 19.3 Å². The zero-order valence-electron chi connectivity index (χ0n) is 10.4. The summed E-state index contributed by atoms with van der Waals surface area (Å²) in [5, 5.41) is 0.906. The molecule has 1 aromatic carbocycles. The van der Waals surface area contributed by atoms with E-state index in [0.29, 0.717) is 5.92 Å². The summed E-state index contributed by atoms with van der Waals surface area (Å²) in [6.45, 7) is 0. The second-order valence-corrected chi connectivity index (χ2v) is 8.45. The van der Waals surface area contributed by atoms with Crippen LogP contribution in [-0.2, 0) is 16.3 Å². The Morgan fingerprint density at radius 1 is 1.33 bits per heavy atom. The molecule has 0 bridgehead atoms. The van der Waals surface area contributed by atoms with Gasteiger partial charge in [0.05, 0.1) is 0 Å². The largest absolute Gasteiger partial charge is 0.229 e.